The Morgan fingerprint density at radius 1 is 0.972 bits per heavy atom. The Labute approximate surface area is 210 Å². The number of pyridine rings is 1. The summed E-state index contributed by atoms with van der Waals surface area (Å²) in [5.74, 6) is 3.18. The molecule has 0 radical (unpaired) electrons. The molecule has 184 valence electrons. The van der Waals surface area contributed by atoms with Crippen molar-refractivity contribution in [2.75, 3.05) is 26.2 Å². The number of aromatic nitrogens is 5. The molecule has 2 saturated carbocycles. The molecule has 0 unspecified atom stereocenters. The first-order valence-corrected chi connectivity index (χ1v) is 13.2. The van der Waals surface area contributed by atoms with Gasteiger partial charge in [0, 0.05) is 80.3 Å². The molecular formula is C28H31N7O. The number of rotatable bonds is 7. The highest BCUT2D eigenvalue weighted by atomic mass is 16.2. The zero-order valence-corrected chi connectivity index (χ0v) is 20.4. The number of piperazine rings is 1. The van der Waals surface area contributed by atoms with Gasteiger partial charge >= 0.3 is 0 Å². The van der Waals surface area contributed by atoms with E-state index in [-0.39, 0.29) is 0 Å². The summed E-state index contributed by atoms with van der Waals surface area (Å²) in [6.07, 6.45) is 9.21. The normalized spacial score (nSPS) is 18.7. The molecule has 7 rings (SSSR count). The number of benzene rings is 1. The van der Waals surface area contributed by atoms with Crippen molar-refractivity contribution in [2.24, 2.45) is 5.92 Å². The van der Waals surface area contributed by atoms with Crippen LogP contribution in [-0.4, -0.2) is 66.8 Å². The van der Waals surface area contributed by atoms with Crippen LogP contribution in [-0.2, 0) is 17.8 Å². The van der Waals surface area contributed by atoms with Crippen LogP contribution in [0.4, 0.5) is 0 Å². The van der Waals surface area contributed by atoms with Crippen LogP contribution in [0.15, 0.2) is 42.7 Å². The number of carbonyl (C=O) groups excluding carboxylic acids is 1. The summed E-state index contributed by atoms with van der Waals surface area (Å²) in [4.78, 5) is 37.8. The van der Waals surface area contributed by atoms with Crippen molar-refractivity contribution in [3.63, 3.8) is 0 Å². The molecule has 4 aromatic rings. The van der Waals surface area contributed by atoms with Gasteiger partial charge in [0.05, 0.1) is 11.0 Å². The Morgan fingerprint density at radius 3 is 2.64 bits per heavy atom. The Kier molecular flexibility index (Phi) is 5.34. The van der Waals surface area contributed by atoms with Crippen molar-refractivity contribution >= 4 is 16.9 Å². The number of nitrogens with zero attached hydrogens (tertiary/aromatic N) is 5. The molecule has 0 bridgehead atoms. The van der Waals surface area contributed by atoms with Crippen LogP contribution < -0.4 is 0 Å². The van der Waals surface area contributed by atoms with Gasteiger partial charge in [0.15, 0.2) is 0 Å². The lowest BCUT2D eigenvalue weighted by molar-refractivity contribution is -0.134. The minimum atomic E-state index is 0.314. The fourth-order valence-electron chi connectivity index (χ4n) is 5.25. The standard InChI is InChI=1S/C28H31N7O/c36-28(20-3-4-20)35-11-9-34(10-12-35)17-18-7-8-29-22(13-18)15-26-31-23-6-5-21(14-24(23)32-26)27-30-16-25(33-27)19-1-2-19/h5-8,13-14,16,19-20H,1-4,9-12,15,17H2,(H,30,33)(H,31,32). The molecule has 3 aromatic heterocycles. The van der Waals surface area contributed by atoms with E-state index in [2.05, 4.69) is 60.1 Å². The van der Waals surface area contributed by atoms with Gasteiger partial charge in [0.1, 0.15) is 11.6 Å². The van der Waals surface area contributed by atoms with Crippen molar-refractivity contribution in [2.45, 2.75) is 44.6 Å². The van der Waals surface area contributed by atoms with Crippen molar-refractivity contribution < 1.29 is 4.79 Å². The zero-order chi connectivity index (χ0) is 24.1. The van der Waals surface area contributed by atoms with Gasteiger partial charge < -0.3 is 14.9 Å². The van der Waals surface area contributed by atoms with Crippen LogP contribution in [0.3, 0.4) is 0 Å². The molecule has 36 heavy (non-hydrogen) atoms. The molecule has 4 heterocycles. The first-order chi connectivity index (χ1) is 17.7. The number of imidazole rings is 2. The summed E-state index contributed by atoms with van der Waals surface area (Å²) in [5.41, 5.74) is 6.55. The second kappa shape index (κ2) is 8.85. The number of H-pyrrole nitrogens is 2. The van der Waals surface area contributed by atoms with Gasteiger partial charge in [0.2, 0.25) is 5.91 Å². The Morgan fingerprint density at radius 2 is 1.83 bits per heavy atom. The molecule has 8 heteroatoms. The SMILES string of the molecule is O=C(C1CC1)N1CCN(Cc2ccnc(Cc3nc4ccc(-c5ncc(C6CC6)[nH]5)cc4[nH]3)c2)CC1. The number of hydrogen-bond donors (Lipinski definition) is 2. The van der Waals surface area contributed by atoms with E-state index in [1.54, 1.807) is 0 Å². The molecular weight excluding hydrogens is 450 g/mol. The molecule has 0 spiro atoms. The molecule has 3 fully saturated rings. The van der Waals surface area contributed by atoms with Gasteiger partial charge in [-0.05, 0) is 61.6 Å². The highest BCUT2D eigenvalue weighted by Crippen LogP contribution is 2.39. The number of nitrogens with one attached hydrogen (secondary N) is 2. The van der Waals surface area contributed by atoms with Gasteiger partial charge in [0.25, 0.3) is 0 Å². The predicted octanol–water partition coefficient (Wildman–Crippen LogP) is 3.87. The third-order valence-electron chi connectivity index (χ3n) is 7.66. The number of hydrogen-bond acceptors (Lipinski definition) is 5. The molecule has 1 amide bonds. The Hall–Kier alpha value is -3.52. The molecule has 1 saturated heterocycles. The summed E-state index contributed by atoms with van der Waals surface area (Å²) in [7, 11) is 0. The predicted molar refractivity (Wildman–Crippen MR) is 137 cm³/mol. The first kappa shape index (κ1) is 21.7. The van der Waals surface area contributed by atoms with E-state index in [1.165, 1.54) is 24.1 Å². The van der Waals surface area contributed by atoms with Crippen molar-refractivity contribution in [3.8, 4) is 11.4 Å². The maximum absolute atomic E-state index is 12.3. The van der Waals surface area contributed by atoms with Crippen LogP contribution in [0.1, 0.15) is 54.4 Å². The number of fused-ring (bicyclic) bond motifs is 1. The highest BCUT2D eigenvalue weighted by Gasteiger charge is 2.34. The summed E-state index contributed by atoms with van der Waals surface area (Å²) < 4.78 is 0. The van der Waals surface area contributed by atoms with E-state index in [0.29, 0.717) is 24.2 Å². The number of amides is 1. The second-order valence-electron chi connectivity index (χ2n) is 10.6. The summed E-state index contributed by atoms with van der Waals surface area (Å²) in [6, 6.07) is 10.5. The first-order valence-electron chi connectivity index (χ1n) is 13.2. The van der Waals surface area contributed by atoms with Gasteiger partial charge in [-0.15, -0.1) is 0 Å². The van der Waals surface area contributed by atoms with Crippen LogP contribution in [0.25, 0.3) is 22.4 Å². The zero-order valence-electron chi connectivity index (χ0n) is 20.4. The average Bonchev–Trinajstić information content (AvgIpc) is 3.83. The van der Waals surface area contributed by atoms with E-state index in [1.807, 2.05) is 12.4 Å². The van der Waals surface area contributed by atoms with Crippen LogP contribution in [0.5, 0.6) is 0 Å². The molecule has 0 atom stereocenters. The third kappa shape index (κ3) is 4.53. The van der Waals surface area contributed by atoms with E-state index < -0.39 is 0 Å². The minimum Gasteiger partial charge on any atom is -0.342 e. The fraction of sp³-hybridized carbons (Fsp3) is 0.429. The minimum absolute atomic E-state index is 0.314. The smallest absolute Gasteiger partial charge is 0.225 e. The second-order valence-corrected chi connectivity index (χ2v) is 10.6. The molecule has 2 aliphatic carbocycles. The molecule has 3 aliphatic rings. The average molecular weight is 482 g/mol. The lowest BCUT2D eigenvalue weighted by Crippen LogP contribution is -2.48. The van der Waals surface area contributed by atoms with E-state index in [4.69, 9.17) is 4.98 Å². The maximum Gasteiger partial charge on any atom is 0.225 e. The molecule has 8 nitrogen and oxygen atoms in total. The van der Waals surface area contributed by atoms with Crippen molar-refractivity contribution in [1.82, 2.24) is 34.7 Å². The van der Waals surface area contributed by atoms with Crippen LogP contribution in [0.2, 0.25) is 0 Å². The van der Waals surface area contributed by atoms with Crippen LogP contribution in [0, 0.1) is 5.92 Å². The molecule has 1 aliphatic heterocycles. The number of aromatic amines is 2. The summed E-state index contributed by atoms with van der Waals surface area (Å²) in [5, 5.41) is 0. The largest absolute Gasteiger partial charge is 0.342 e. The Bertz CT molecular complexity index is 1410. The lowest BCUT2D eigenvalue weighted by Gasteiger charge is -2.35. The Balaban J connectivity index is 1.01. The van der Waals surface area contributed by atoms with Crippen LogP contribution >= 0.6 is 0 Å². The quantitative estimate of drug-likeness (QED) is 0.418. The van der Waals surface area contributed by atoms with Gasteiger partial charge in [-0.25, -0.2) is 9.97 Å². The number of carbonyl (C=O) groups is 1. The topological polar surface area (TPSA) is 93.8 Å². The lowest BCUT2D eigenvalue weighted by atomic mass is 10.1. The maximum atomic E-state index is 12.3. The van der Waals surface area contributed by atoms with Gasteiger partial charge in [-0.2, -0.15) is 0 Å². The van der Waals surface area contributed by atoms with E-state index >= 15 is 0 Å². The van der Waals surface area contributed by atoms with E-state index in [0.717, 1.165) is 79.5 Å². The van der Waals surface area contributed by atoms with Gasteiger partial charge in [-0.1, -0.05) is 0 Å². The molecule has 1 aromatic carbocycles. The highest BCUT2D eigenvalue weighted by molar-refractivity contribution is 5.81. The fourth-order valence-corrected chi connectivity index (χ4v) is 5.25. The molecule has 2 N–H and O–H groups in total. The van der Waals surface area contributed by atoms with Crippen molar-refractivity contribution in [1.29, 1.82) is 0 Å². The summed E-state index contributed by atoms with van der Waals surface area (Å²) in [6.45, 7) is 4.43. The van der Waals surface area contributed by atoms with Gasteiger partial charge in [-0.3, -0.25) is 14.7 Å². The van der Waals surface area contributed by atoms with E-state index in [9.17, 15) is 4.79 Å². The third-order valence-corrected chi connectivity index (χ3v) is 7.66. The summed E-state index contributed by atoms with van der Waals surface area (Å²) >= 11 is 0. The monoisotopic (exact) mass is 481 g/mol. The van der Waals surface area contributed by atoms with Crippen molar-refractivity contribution in [3.05, 3.63) is 65.5 Å².